The number of carboxylic acid groups (broad SMARTS) is 1. The molecule has 3 atom stereocenters. The minimum atomic E-state index is -0.742. The molecule has 0 aromatic carbocycles. The lowest BCUT2D eigenvalue weighted by molar-refractivity contribution is -0.142. The molecule has 0 spiro atoms. The molecular weight excluding hydrogens is 244 g/mol. The lowest BCUT2D eigenvalue weighted by Crippen LogP contribution is -2.44. The number of piperidine rings is 1. The van der Waals surface area contributed by atoms with Gasteiger partial charge in [0, 0.05) is 26.2 Å². The predicted molar refractivity (Wildman–Crippen MR) is 71.7 cm³/mol. The highest BCUT2D eigenvalue weighted by Gasteiger charge is 2.36. The van der Waals surface area contributed by atoms with E-state index in [1.165, 1.54) is 6.42 Å². The molecule has 0 aliphatic carbocycles. The van der Waals surface area contributed by atoms with E-state index in [1.807, 2.05) is 16.7 Å². The maximum Gasteiger partial charge on any atom is 0.308 e. The summed E-state index contributed by atoms with van der Waals surface area (Å²) in [4.78, 5) is 27.2. The molecule has 2 heterocycles. The Bertz CT molecular complexity index is 359. The topological polar surface area (TPSA) is 60.9 Å². The molecule has 5 nitrogen and oxygen atoms in total. The van der Waals surface area contributed by atoms with Gasteiger partial charge in [0.2, 0.25) is 5.91 Å². The molecule has 1 unspecified atom stereocenters. The Hall–Kier alpha value is -1.10. The Labute approximate surface area is 114 Å². The highest BCUT2D eigenvalue weighted by molar-refractivity contribution is 5.78. The Kier molecular flexibility index (Phi) is 4.45. The van der Waals surface area contributed by atoms with Crippen molar-refractivity contribution >= 4 is 11.9 Å². The number of hydrogen-bond acceptors (Lipinski definition) is 3. The first-order valence-corrected chi connectivity index (χ1v) is 7.20. The normalized spacial score (nSPS) is 32.5. The van der Waals surface area contributed by atoms with Crippen molar-refractivity contribution < 1.29 is 14.7 Å². The van der Waals surface area contributed by atoms with Crippen molar-refractivity contribution in [3.05, 3.63) is 0 Å². The van der Waals surface area contributed by atoms with Crippen LogP contribution in [0.25, 0.3) is 0 Å². The Morgan fingerprint density at radius 3 is 2.53 bits per heavy atom. The molecule has 2 aliphatic rings. The van der Waals surface area contributed by atoms with Crippen LogP contribution in [-0.4, -0.2) is 59.5 Å². The van der Waals surface area contributed by atoms with Gasteiger partial charge in [0.15, 0.2) is 0 Å². The second-order valence-electron chi connectivity index (χ2n) is 6.20. The van der Waals surface area contributed by atoms with Crippen LogP contribution in [0.1, 0.15) is 26.7 Å². The average molecular weight is 268 g/mol. The van der Waals surface area contributed by atoms with E-state index < -0.39 is 5.97 Å². The number of nitrogens with zero attached hydrogens (tertiary/aromatic N) is 2. The zero-order chi connectivity index (χ0) is 14.0. The summed E-state index contributed by atoms with van der Waals surface area (Å²) >= 11 is 0. The summed E-state index contributed by atoms with van der Waals surface area (Å²) in [5.74, 6) is -0.195. The van der Waals surface area contributed by atoms with Crippen molar-refractivity contribution in [2.45, 2.75) is 26.7 Å². The van der Waals surface area contributed by atoms with E-state index in [0.29, 0.717) is 25.6 Å². The fourth-order valence-corrected chi connectivity index (χ4v) is 3.22. The number of aliphatic carboxylic acids is 1. The molecule has 1 N–H and O–H groups in total. The SMILES string of the molecule is CC1CCCN(C(=O)CN2C[C@@H](C)[C@H](C(=O)O)C2)C1. The Balaban J connectivity index is 1.84. The van der Waals surface area contributed by atoms with Gasteiger partial charge in [-0.1, -0.05) is 13.8 Å². The van der Waals surface area contributed by atoms with E-state index in [1.54, 1.807) is 0 Å². The number of carboxylic acids is 1. The fraction of sp³-hybridized carbons (Fsp3) is 0.857. The van der Waals surface area contributed by atoms with Crippen LogP contribution in [-0.2, 0) is 9.59 Å². The lowest BCUT2D eigenvalue weighted by atomic mass is 9.99. The van der Waals surface area contributed by atoms with Crippen molar-refractivity contribution in [1.29, 1.82) is 0 Å². The standard InChI is InChI=1S/C14H24N2O3/c1-10-4-3-5-16(6-10)13(17)9-15-7-11(2)12(8-15)14(18)19/h10-12H,3-9H2,1-2H3,(H,18,19)/t10?,11-,12-/m1/s1. The van der Waals surface area contributed by atoms with Gasteiger partial charge in [0.1, 0.15) is 0 Å². The molecular formula is C14H24N2O3. The van der Waals surface area contributed by atoms with E-state index >= 15 is 0 Å². The van der Waals surface area contributed by atoms with Crippen molar-refractivity contribution in [3.63, 3.8) is 0 Å². The van der Waals surface area contributed by atoms with Gasteiger partial charge in [-0.05, 0) is 24.7 Å². The van der Waals surface area contributed by atoms with Crippen LogP contribution in [0.4, 0.5) is 0 Å². The van der Waals surface area contributed by atoms with Crippen LogP contribution in [0.2, 0.25) is 0 Å². The Morgan fingerprint density at radius 2 is 1.95 bits per heavy atom. The zero-order valence-corrected chi connectivity index (χ0v) is 11.8. The monoisotopic (exact) mass is 268 g/mol. The number of rotatable bonds is 3. The van der Waals surface area contributed by atoms with E-state index in [0.717, 1.165) is 19.5 Å². The van der Waals surface area contributed by atoms with Gasteiger partial charge >= 0.3 is 5.97 Å². The van der Waals surface area contributed by atoms with E-state index in [4.69, 9.17) is 5.11 Å². The minimum Gasteiger partial charge on any atom is -0.481 e. The molecule has 2 rings (SSSR count). The number of carbonyl (C=O) groups is 2. The van der Waals surface area contributed by atoms with Crippen molar-refractivity contribution in [2.24, 2.45) is 17.8 Å². The first kappa shape index (κ1) is 14.3. The van der Waals surface area contributed by atoms with E-state index in [-0.39, 0.29) is 17.7 Å². The van der Waals surface area contributed by atoms with Gasteiger partial charge in [-0.15, -0.1) is 0 Å². The quantitative estimate of drug-likeness (QED) is 0.826. The lowest BCUT2D eigenvalue weighted by Gasteiger charge is -2.32. The average Bonchev–Trinajstić information content (AvgIpc) is 2.70. The number of hydrogen-bond donors (Lipinski definition) is 1. The first-order chi connectivity index (χ1) is 8.97. The molecule has 2 saturated heterocycles. The third-order valence-electron chi connectivity index (χ3n) is 4.37. The van der Waals surface area contributed by atoms with Gasteiger partial charge in [0.05, 0.1) is 12.5 Å². The van der Waals surface area contributed by atoms with Crippen LogP contribution >= 0.6 is 0 Å². The van der Waals surface area contributed by atoms with Crippen molar-refractivity contribution in [3.8, 4) is 0 Å². The molecule has 2 aliphatic heterocycles. The van der Waals surface area contributed by atoms with Gasteiger partial charge in [0.25, 0.3) is 0 Å². The van der Waals surface area contributed by atoms with E-state index in [2.05, 4.69) is 6.92 Å². The summed E-state index contributed by atoms with van der Waals surface area (Å²) in [6, 6.07) is 0. The summed E-state index contributed by atoms with van der Waals surface area (Å²) in [5.41, 5.74) is 0. The fourth-order valence-electron chi connectivity index (χ4n) is 3.22. The van der Waals surface area contributed by atoms with E-state index in [9.17, 15) is 9.59 Å². The number of amides is 1. The van der Waals surface area contributed by atoms with Crippen LogP contribution in [0.3, 0.4) is 0 Å². The van der Waals surface area contributed by atoms with Crippen LogP contribution in [0, 0.1) is 17.8 Å². The molecule has 2 fully saturated rings. The zero-order valence-electron chi connectivity index (χ0n) is 11.8. The predicted octanol–water partition coefficient (Wildman–Crippen LogP) is 0.897. The van der Waals surface area contributed by atoms with Crippen LogP contribution in [0.5, 0.6) is 0 Å². The second-order valence-corrected chi connectivity index (χ2v) is 6.20. The van der Waals surface area contributed by atoms with Crippen LogP contribution in [0.15, 0.2) is 0 Å². The highest BCUT2D eigenvalue weighted by Crippen LogP contribution is 2.23. The Morgan fingerprint density at radius 1 is 1.21 bits per heavy atom. The van der Waals surface area contributed by atoms with Crippen LogP contribution < -0.4 is 0 Å². The summed E-state index contributed by atoms with van der Waals surface area (Å²) in [6.07, 6.45) is 2.28. The molecule has 108 valence electrons. The summed E-state index contributed by atoms with van der Waals surface area (Å²) in [7, 11) is 0. The number of likely N-dealkylation sites (tertiary alicyclic amines) is 2. The minimum absolute atomic E-state index is 0.130. The molecule has 0 saturated carbocycles. The molecule has 0 bridgehead atoms. The molecule has 5 heteroatoms. The maximum absolute atomic E-state index is 12.2. The van der Waals surface area contributed by atoms with Gasteiger partial charge in [-0.2, -0.15) is 0 Å². The van der Waals surface area contributed by atoms with Gasteiger partial charge in [-0.3, -0.25) is 14.5 Å². The molecule has 1 amide bonds. The van der Waals surface area contributed by atoms with Gasteiger partial charge in [-0.25, -0.2) is 0 Å². The third kappa shape index (κ3) is 3.47. The molecule has 19 heavy (non-hydrogen) atoms. The second kappa shape index (κ2) is 5.90. The van der Waals surface area contributed by atoms with Crippen molar-refractivity contribution in [1.82, 2.24) is 9.80 Å². The smallest absolute Gasteiger partial charge is 0.308 e. The third-order valence-corrected chi connectivity index (χ3v) is 4.37. The summed E-state index contributed by atoms with van der Waals surface area (Å²) in [5, 5.41) is 9.10. The number of carbonyl (C=O) groups excluding carboxylic acids is 1. The molecule has 0 radical (unpaired) electrons. The highest BCUT2D eigenvalue weighted by atomic mass is 16.4. The largest absolute Gasteiger partial charge is 0.481 e. The van der Waals surface area contributed by atoms with Crippen molar-refractivity contribution in [2.75, 3.05) is 32.7 Å². The maximum atomic E-state index is 12.2. The van der Waals surface area contributed by atoms with Gasteiger partial charge < -0.3 is 10.0 Å². The summed E-state index contributed by atoms with van der Waals surface area (Å²) < 4.78 is 0. The molecule has 0 aromatic rings. The first-order valence-electron chi connectivity index (χ1n) is 7.20. The summed E-state index contributed by atoms with van der Waals surface area (Å²) in [6.45, 7) is 7.43. The molecule has 0 aromatic heterocycles.